The summed E-state index contributed by atoms with van der Waals surface area (Å²) < 4.78 is 0. The molecule has 0 radical (unpaired) electrons. The van der Waals surface area contributed by atoms with E-state index in [1.807, 2.05) is 25.1 Å². The zero-order valence-corrected chi connectivity index (χ0v) is 12.3. The van der Waals surface area contributed by atoms with Crippen molar-refractivity contribution in [2.75, 3.05) is 5.32 Å². The monoisotopic (exact) mass is 264 g/mol. The lowest BCUT2D eigenvalue weighted by Crippen LogP contribution is -2.06. The Balaban J connectivity index is 2.12. The molecule has 2 nitrogen and oxygen atoms in total. The predicted octanol–water partition coefficient (Wildman–Crippen LogP) is 4.60. The van der Waals surface area contributed by atoms with E-state index in [1.165, 1.54) is 11.1 Å². The average molecular weight is 264 g/mol. The van der Waals surface area contributed by atoms with Gasteiger partial charge in [-0.05, 0) is 55.2 Å². The fourth-order valence-corrected chi connectivity index (χ4v) is 2.25. The van der Waals surface area contributed by atoms with Gasteiger partial charge < -0.3 is 5.32 Å². The summed E-state index contributed by atoms with van der Waals surface area (Å²) >= 11 is 0. The molecule has 1 N–H and O–H groups in total. The zero-order valence-electron chi connectivity index (χ0n) is 12.3. The Morgan fingerprint density at radius 1 is 1.15 bits per heavy atom. The first-order valence-electron chi connectivity index (χ1n) is 7.00. The Bertz CT molecular complexity index is 621. The van der Waals surface area contributed by atoms with Crippen LogP contribution in [-0.2, 0) is 6.42 Å². The van der Waals surface area contributed by atoms with E-state index < -0.39 is 0 Å². The third-order valence-corrected chi connectivity index (χ3v) is 3.62. The molecule has 20 heavy (non-hydrogen) atoms. The van der Waals surface area contributed by atoms with Crippen LogP contribution in [0.4, 0.5) is 5.69 Å². The molecular formula is C18H20N2. The summed E-state index contributed by atoms with van der Waals surface area (Å²) in [6.45, 7) is 6.27. The molecule has 0 spiro atoms. The Hall–Kier alpha value is -2.27. The third kappa shape index (κ3) is 3.19. The van der Waals surface area contributed by atoms with Gasteiger partial charge in [-0.1, -0.05) is 31.2 Å². The Morgan fingerprint density at radius 2 is 1.85 bits per heavy atom. The highest BCUT2D eigenvalue weighted by Gasteiger charge is 2.06. The normalized spacial score (nSPS) is 11.7. The van der Waals surface area contributed by atoms with Crippen LogP contribution in [0.25, 0.3) is 0 Å². The standard InChI is InChI=1S/C18H20N2/c1-4-15-5-7-16(8-6-15)14(3)20-18-10-9-17(12-19)13(2)11-18/h5-11,14,20H,4H2,1-3H3. The molecule has 0 bridgehead atoms. The Labute approximate surface area is 121 Å². The molecule has 0 fully saturated rings. The van der Waals surface area contributed by atoms with Gasteiger partial charge in [0, 0.05) is 11.7 Å². The number of nitrogens with one attached hydrogen (secondary N) is 1. The van der Waals surface area contributed by atoms with Crippen LogP contribution in [0.15, 0.2) is 42.5 Å². The predicted molar refractivity (Wildman–Crippen MR) is 83.8 cm³/mol. The summed E-state index contributed by atoms with van der Waals surface area (Å²) in [5, 5.41) is 12.4. The lowest BCUT2D eigenvalue weighted by Gasteiger charge is -2.16. The number of rotatable bonds is 4. The summed E-state index contributed by atoms with van der Waals surface area (Å²) in [4.78, 5) is 0. The van der Waals surface area contributed by atoms with Gasteiger partial charge in [0.15, 0.2) is 0 Å². The maximum absolute atomic E-state index is 8.95. The first-order chi connectivity index (χ1) is 9.63. The first-order valence-corrected chi connectivity index (χ1v) is 7.00. The SMILES string of the molecule is CCc1ccc(C(C)Nc2ccc(C#N)c(C)c2)cc1. The summed E-state index contributed by atoms with van der Waals surface area (Å²) in [6.07, 6.45) is 1.07. The molecule has 2 rings (SSSR count). The van der Waals surface area contributed by atoms with Crippen LogP contribution >= 0.6 is 0 Å². The minimum Gasteiger partial charge on any atom is -0.379 e. The molecular weight excluding hydrogens is 244 g/mol. The number of benzene rings is 2. The fourth-order valence-electron chi connectivity index (χ4n) is 2.25. The molecule has 0 aliphatic rings. The van der Waals surface area contributed by atoms with Gasteiger partial charge in [0.25, 0.3) is 0 Å². The van der Waals surface area contributed by atoms with Crippen LogP contribution in [0.1, 0.15) is 42.1 Å². The summed E-state index contributed by atoms with van der Waals surface area (Å²) in [6, 6.07) is 17.0. The minimum absolute atomic E-state index is 0.244. The van der Waals surface area contributed by atoms with Crippen LogP contribution in [-0.4, -0.2) is 0 Å². The van der Waals surface area contributed by atoms with E-state index in [0.717, 1.165) is 23.2 Å². The second-order valence-corrected chi connectivity index (χ2v) is 5.10. The molecule has 2 heteroatoms. The van der Waals surface area contributed by atoms with Crippen LogP contribution < -0.4 is 5.32 Å². The van der Waals surface area contributed by atoms with E-state index in [9.17, 15) is 0 Å². The number of nitrogens with zero attached hydrogens (tertiary/aromatic N) is 1. The van der Waals surface area contributed by atoms with Gasteiger partial charge in [0.1, 0.15) is 0 Å². The quantitative estimate of drug-likeness (QED) is 0.875. The van der Waals surface area contributed by atoms with E-state index in [2.05, 4.69) is 49.5 Å². The topological polar surface area (TPSA) is 35.8 Å². The van der Waals surface area contributed by atoms with Crippen molar-refractivity contribution in [3.63, 3.8) is 0 Å². The number of hydrogen-bond donors (Lipinski definition) is 1. The molecule has 0 saturated carbocycles. The highest BCUT2D eigenvalue weighted by atomic mass is 14.9. The third-order valence-electron chi connectivity index (χ3n) is 3.62. The second-order valence-electron chi connectivity index (χ2n) is 5.10. The average Bonchev–Trinajstić information content (AvgIpc) is 2.47. The van der Waals surface area contributed by atoms with Crippen LogP contribution in [0.3, 0.4) is 0 Å². The fraction of sp³-hybridized carbons (Fsp3) is 0.278. The van der Waals surface area contributed by atoms with Crippen molar-refractivity contribution < 1.29 is 0 Å². The molecule has 1 unspecified atom stereocenters. The Morgan fingerprint density at radius 3 is 2.40 bits per heavy atom. The maximum Gasteiger partial charge on any atom is 0.0994 e. The molecule has 102 valence electrons. The molecule has 0 amide bonds. The lowest BCUT2D eigenvalue weighted by atomic mass is 10.0. The van der Waals surface area contributed by atoms with E-state index >= 15 is 0 Å². The largest absolute Gasteiger partial charge is 0.379 e. The van der Waals surface area contributed by atoms with Crippen molar-refractivity contribution in [2.45, 2.75) is 33.2 Å². The Kier molecular flexibility index (Phi) is 4.42. The van der Waals surface area contributed by atoms with Gasteiger partial charge in [-0.2, -0.15) is 5.26 Å². The van der Waals surface area contributed by atoms with Gasteiger partial charge in [-0.15, -0.1) is 0 Å². The van der Waals surface area contributed by atoms with Crippen LogP contribution in [0, 0.1) is 18.3 Å². The summed E-state index contributed by atoms with van der Waals surface area (Å²) in [7, 11) is 0. The van der Waals surface area contributed by atoms with E-state index in [1.54, 1.807) is 0 Å². The number of hydrogen-bond acceptors (Lipinski definition) is 2. The maximum atomic E-state index is 8.95. The zero-order chi connectivity index (χ0) is 14.5. The van der Waals surface area contributed by atoms with Gasteiger partial charge >= 0.3 is 0 Å². The van der Waals surface area contributed by atoms with Gasteiger partial charge in [0.05, 0.1) is 11.6 Å². The van der Waals surface area contributed by atoms with Crippen molar-refractivity contribution in [2.24, 2.45) is 0 Å². The summed E-state index contributed by atoms with van der Waals surface area (Å²) in [5.74, 6) is 0. The number of aryl methyl sites for hydroxylation is 2. The lowest BCUT2D eigenvalue weighted by molar-refractivity contribution is 0.882. The van der Waals surface area contributed by atoms with Crippen LogP contribution in [0.2, 0.25) is 0 Å². The molecule has 2 aromatic rings. The first kappa shape index (κ1) is 14.1. The molecule has 0 aliphatic carbocycles. The second kappa shape index (κ2) is 6.25. The molecule has 1 atom stereocenters. The van der Waals surface area contributed by atoms with Crippen LogP contribution in [0.5, 0.6) is 0 Å². The summed E-state index contributed by atoms with van der Waals surface area (Å²) in [5.41, 5.74) is 5.41. The van der Waals surface area contributed by atoms with Gasteiger partial charge in [0.2, 0.25) is 0 Å². The molecule has 2 aromatic carbocycles. The van der Waals surface area contributed by atoms with Gasteiger partial charge in [-0.3, -0.25) is 0 Å². The van der Waals surface area contributed by atoms with E-state index in [-0.39, 0.29) is 6.04 Å². The molecule has 0 aliphatic heterocycles. The van der Waals surface area contributed by atoms with E-state index in [0.29, 0.717) is 0 Å². The van der Waals surface area contributed by atoms with Crippen molar-refractivity contribution in [3.8, 4) is 6.07 Å². The number of anilines is 1. The molecule has 0 saturated heterocycles. The highest BCUT2D eigenvalue weighted by molar-refractivity contribution is 5.52. The molecule has 0 aromatic heterocycles. The molecule has 0 heterocycles. The van der Waals surface area contributed by atoms with Crippen molar-refractivity contribution in [1.29, 1.82) is 5.26 Å². The minimum atomic E-state index is 0.244. The van der Waals surface area contributed by atoms with Crippen molar-refractivity contribution >= 4 is 5.69 Å². The smallest absolute Gasteiger partial charge is 0.0994 e. The highest BCUT2D eigenvalue weighted by Crippen LogP contribution is 2.21. The van der Waals surface area contributed by atoms with Gasteiger partial charge in [-0.25, -0.2) is 0 Å². The van der Waals surface area contributed by atoms with E-state index in [4.69, 9.17) is 5.26 Å². The van der Waals surface area contributed by atoms with Crippen molar-refractivity contribution in [3.05, 3.63) is 64.7 Å². The number of nitriles is 1. The van der Waals surface area contributed by atoms with Crippen molar-refractivity contribution in [1.82, 2.24) is 0 Å².